The minimum absolute atomic E-state index is 0.286. The molecule has 0 radical (unpaired) electrons. The summed E-state index contributed by atoms with van der Waals surface area (Å²) in [4.78, 5) is 11.2. The van der Waals surface area contributed by atoms with Gasteiger partial charge < -0.3 is 11.1 Å². The quantitative estimate of drug-likeness (QED) is 0.812. The van der Waals surface area contributed by atoms with E-state index in [1.54, 1.807) is 0 Å². The number of carbonyl (C=O) groups is 1. The van der Waals surface area contributed by atoms with E-state index in [1.807, 2.05) is 13.8 Å². The molecule has 0 saturated heterocycles. The zero-order valence-electron chi connectivity index (χ0n) is 11.8. The van der Waals surface area contributed by atoms with Crippen LogP contribution in [-0.2, 0) is 10.3 Å². The maximum absolute atomic E-state index is 11.2. The first kappa shape index (κ1) is 14.7. The number of nitrogens with one attached hydrogen (secondary N) is 1. The fraction of sp³-hybridized carbons (Fsp3) is 0.533. The first-order valence-electron chi connectivity index (χ1n) is 6.53. The number of hydrogen-bond donors (Lipinski definition) is 2. The molecule has 3 heteroatoms. The summed E-state index contributed by atoms with van der Waals surface area (Å²) in [6.07, 6.45) is 0.307. The van der Waals surface area contributed by atoms with Gasteiger partial charge in [-0.2, -0.15) is 0 Å². The fourth-order valence-electron chi connectivity index (χ4n) is 2.24. The van der Waals surface area contributed by atoms with E-state index in [2.05, 4.69) is 43.4 Å². The van der Waals surface area contributed by atoms with E-state index in [4.69, 9.17) is 5.73 Å². The van der Waals surface area contributed by atoms with Crippen LogP contribution in [0, 0.1) is 0 Å². The lowest BCUT2D eigenvalue weighted by Crippen LogP contribution is -2.42. The van der Waals surface area contributed by atoms with E-state index in [9.17, 15) is 4.79 Å². The van der Waals surface area contributed by atoms with Crippen LogP contribution in [0.5, 0.6) is 0 Å². The zero-order valence-corrected chi connectivity index (χ0v) is 11.8. The Morgan fingerprint density at radius 3 is 2.28 bits per heavy atom. The third-order valence-electron chi connectivity index (χ3n) is 3.31. The molecule has 18 heavy (non-hydrogen) atoms. The highest BCUT2D eigenvalue weighted by molar-refractivity contribution is 5.75. The largest absolute Gasteiger partial charge is 0.370 e. The second-order valence-corrected chi connectivity index (χ2v) is 5.28. The van der Waals surface area contributed by atoms with Crippen LogP contribution in [0.15, 0.2) is 24.3 Å². The first-order chi connectivity index (χ1) is 8.39. The zero-order chi connectivity index (χ0) is 13.8. The lowest BCUT2D eigenvalue weighted by Gasteiger charge is -2.30. The van der Waals surface area contributed by atoms with Crippen molar-refractivity contribution >= 4 is 5.91 Å². The molecule has 1 atom stereocenters. The molecule has 1 unspecified atom stereocenters. The lowest BCUT2D eigenvalue weighted by atomic mass is 9.87. The average Bonchev–Trinajstić information content (AvgIpc) is 2.28. The molecule has 0 aliphatic heterocycles. The van der Waals surface area contributed by atoms with E-state index in [0.29, 0.717) is 12.3 Å². The molecule has 3 N–H and O–H groups in total. The molecule has 1 aromatic rings. The van der Waals surface area contributed by atoms with Crippen molar-refractivity contribution in [1.82, 2.24) is 5.32 Å². The maximum atomic E-state index is 11.2. The van der Waals surface area contributed by atoms with Crippen LogP contribution in [0.4, 0.5) is 0 Å². The summed E-state index contributed by atoms with van der Waals surface area (Å²) in [6.45, 7) is 9.19. The van der Waals surface area contributed by atoms with Gasteiger partial charge in [0.05, 0.1) is 0 Å². The Labute approximate surface area is 110 Å². The molecule has 0 aliphatic carbocycles. The van der Waals surface area contributed by atoms with Gasteiger partial charge in [-0.1, -0.05) is 45.0 Å². The van der Waals surface area contributed by atoms with E-state index in [-0.39, 0.29) is 11.4 Å². The third kappa shape index (κ3) is 3.57. The van der Waals surface area contributed by atoms with Crippen LogP contribution >= 0.6 is 0 Å². The molecule has 1 rings (SSSR count). The number of hydrogen-bond acceptors (Lipinski definition) is 2. The van der Waals surface area contributed by atoms with Crippen LogP contribution in [0.1, 0.15) is 51.2 Å². The maximum Gasteiger partial charge on any atom is 0.219 e. The van der Waals surface area contributed by atoms with Crippen molar-refractivity contribution in [3.63, 3.8) is 0 Å². The van der Waals surface area contributed by atoms with Gasteiger partial charge in [0.25, 0.3) is 0 Å². The van der Waals surface area contributed by atoms with Gasteiger partial charge in [-0.05, 0) is 30.5 Å². The Kier molecular flexibility index (Phi) is 4.91. The van der Waals surface area contributed by atoms with Crippen molar-refractivity contribution in [2.75, 3.05) is 6.54 Å². The van der Waals surface area contributed by atoms with Crippen LogP contribution < -0.4 is 11.1 Å². The van der Waals surface area contributed by atoms with Gasteiger partial charge in [0.15, 0.2) is 0 Å². The van der Waals surface area contributed by atoms with Gasteiger partial charge in [0.2, 0.25) is 5.91 Å². The summed E-state index contributed by atoms with van der Waals surface area (Å²) >= 11 is 0. The van der Waals surface area contributed by atoms with Crippen molar-refractivity contribution in [1.29, 1.82) is 0 Å². The van der Waals surface area contributed by atoms with E-state index in [1.165, 1.54) is 5.56 Å². The number of rotatable bonds is 6. The Morgan fingerprint density at radius 2 is 1.89 bits per heavy atom. The van der Waals surface area contributed by atoms with Crippen molar-refractivity contribution in [3.8, 4) is 0 Å². The normalized spacial score (nSPS) is 14.5. The number of benzene rings is 1. The predicted molar refractivity (Wildman–Crippen MR) is 75.4 cm³/mol. The molecule has 3 nitrogen and oxygen atoms in total. The standard InChI is InChI=1S/C15H24N2O/c1-5-17-15(4,10-14(16)18)13-8-6-12(7-9-13)11(2)3/h6-9,11,17H,5,10H2,1-4H3,(H2,16,18). The summed E-state index contributed by atoms with van der Waals surface area (Å²) < 4.78 is 0. The van der Waals surface area contributed by atoms with Gasteiger partial charge >= 0.3 is 0 Å². The van der Waals surface area contributed by atoms with Crippen LogP contribution in [-0.4, -0.2) is 12.5 Å². The van der Waals surface area contributed by atoms with E-state index in [0.717, 1.165) is 12.1 Å². The summed E-state index contributed by atoms with van der Waals surface area (Å²) in [5.41, 5.74) is 7.37. The van der Waals surface area contributed by atoms with Gasteiger partial charge in [0, 0.05) is 12.0 Å². The monoisotopic (exact) mass is 248 g/mol. The van der Waals surface area contributed by atoms with E-state index < -0.39 is 0 Å². The molecule has 1 amide bonds. The molecule has 0 aromatic heterocycles. The highest BCUT2D eigenvalue weighted by Crippen LogP contribution is 2.26. The SMILES string of the molecule is CCNC(C)(CC(N)=O)c1ccc(C(C)C)cc1. The Bertz CT molecular complexity index is 397. The van der Waals surface area contributed by atoms with Gasteiger partial charge in [-0.25, -0.2) is 0 Å². The van der Waals surface area contributed by atoms with Gasteiger partial charge in [-0.15, -0.1) is 0 Å². The number of primary amides is 1. The summed E-state index contributed by atoms with van der Waals surface area (Å²) in [5.74, 6) is 0.229. The minimum atomic E-state index is -0.379. The molecule has 1 aromatic carbocycles. The molecule has 100 valence electrons. The average molecular weight is 248 g/mol. The molecule has 0 bridgehead atoms. The molecule has 0 fully saturated rings. The Balaban J connectivity index is 3.02. The minimum Gasteiger partial charge on any atom is -0.370 e. The summed E-state index contributed by atoms with van der Waals surface area (Å²) in [5, 5.41) is 3.35. The highest BCUT2D eigenvalue weighted by Gasteiger charge is 2.27. The fourth-order valence-corrected chi connectivity index (χ4v) is 2.24. The molecule has 0 saturated carbocycles. The van der Waals surface area contributed by atoms with Crippen LogP contribution in [0.2, 0.25) is 0 Å². The predicted octanol–water partition coefficient (Wildman–Crippen LogP) is 2.51. The van der Waals surface area contributed by atoms with Crippen molar-refractivity contribution < 1.29 is 4.79 Å². The Hall–Kier alpha value is -1.35. The second kappa shape index (κ2) is 6.01. The first-order valence-corrected chi connectivity index (χ1v) is 6.53. The Morgan fingerprint density at radius 1 is 1.33 bits per heavy atom. The third-order valence-corrected chi connectivity index (χ3v) is 3.31. The molecular formula is C15H24N2O. The molecule has 0 spiro atoms. The molecule has 0 aliphatic rings. The number of nitrogens with two attached hydrogens (primary N) is 1. The topological polar surface area (TPSA) is 55.1 Å². The van der Waals surface area contributed by atoms with Crippen LogP contribution in [0.25, 0.3) is 0 Å². The molecule has 0 heterocycles. The number of amides is 1. The highest BCUT2D eigenvalue weighted by atomic mass is 16.1. The van der Waals surface area contributed by atoms with Gasteiger partial charge in [0.1, 0.15) is 0 Å². The van der Waals surface area contributed by atoms with Gasteiger partial charge in [-0.3, -0.25) is 4.79 Å². The smallest absolute Gasteiger partial charge is 0.219 e. The van der Waals surface area contributed by atoms with E-state index >= 15 is 0 Å². The molecular weight excluding hydrogens is 224 g/mol. The van der Waals surface area contributed by atoms with Crippen molar-refractivity contribution in [2.45, 2.75) is 45.6 Å². The summed E-state index contributed by atoms with van der Waals surface area (Å²) in [6, 6.07) is 8.41. The van der Waals surface area contributed by atoms with Crippen LogP contribution in [0.3, 0.4) is 0 Å². The van der Waals surface area contributed by atoms with Crippen molar-refractivity contribution in [3.05, 3.63) is 35.4 Å². The number of carbonyl (C=O) groups excluding carboxylic acids is 1. The lowest BCUT2D eigenvalue weighted by molar-refractivity contribution is -0.119. The summed E-state index contributed by atoms with van der Waals surface area (Å²) in [7, 11) is 0. The second-order valence-electron chi connectivity index (χ2n) is 5.28. The van der Waals surface area contributed by atoms with Crippen molar-refractivity contribution in [2.24, 2.45) is 5.73 Å².